The summed E-state index contributed by atoms with van der Waals surface area (Å²) in [5.41, 5.74) is 1.68. The van der Waals surface area contributed by atoms with Crippen molar-refractivity contribution in [3.8, 4) is 0 Å². The van der Waals surface area contributed by atoms with E-state index < -0.39 is 22.9 Å². The number of nitro groups is 1. The summed E-state index contributed by atoms with van der Waals surface area (Å²) in [6.07, 6.45) is 1.62. The summed E-state index contributed by atoms with van der Waals surface area (Å²) in [6, 6.07) is 5.75. The first-order chi connectivity index (χ1) is 13.8. The number of aliphatic carboxylic acids is 1. The highest BCUT2D eigenvalue weighted by Gasteiger charge is 2.62. The van der Waals surface area contributed by atoms with Crippen LogP contribution in [0.4, 0.5) is 5.69 Å². The highest BCUT2D eigenvalue weighted by atomic mass is 16.6. The van der Waals surface area contributed by atoms with Gasteiger partial charge in [0.1, 0.15) is 5.70 Å². The number of carbonyl (C=O) groups is 2. The van der Waals surface area contributed by atoms with Crippen LogP contribution in [0, 0.1) is 22.0 Å². The minimum atomic E-state index is -1.12. The fourth-order valence-electron chi connectivity index (χ4n) is 5.07. The molecule has 3 aliphatic rings. The van der Waals surface area contributed by atoms with E-state index in [2.05, 4.69) is 5.32 Å². The Morgan fingerprint density at radius 1 is 1.34 bits per heavy atom. The number of β-lactam (4-membered cyclic amide) rings is 1. The zero-order chi connectivity index (χ0) is 20.9. The van der Waals surface area contributed by atoms with Crippen molar-refractivity contribution in [2.45, 2.75) is 50.9 Å². The predicted octanol–water partition coefficient (Wildman–Crippen LogP) is 1.41. The number of carboxylic acid groups (broad SMARTS) is 1. The van der Waals surface area contributed by atoms with E-state index in [1.165, 1.54) is 17.0 Å². The lowest BCUT2D eigenvalue weighted by atomic mass is 9.71. The molecular weight excluding hydrogens is 378 g/mol. The molecule has 154 valence electrons. The number of carboxylic acids is 1. The van der Waals surface area contributed by atoms with Gasteiger partial charge in [-0.05, 0) is 30.9 Å². The predicted molar refractivity (Wildman–Crippen MR) is 102 cm³/mol. The molecule has 2 aliphatic heterocycles. The molecule has 0 radical (unpaired) electrons. The molecule has 1 saturated heterocycles. The Morgan fingerprint density at radius 2 is 2.03 bits per heavy atom. The zero-order valence-electron chi connectivity index (χ0n) is 15.9. The van der Waals surface area contributed by atoms with Gasteiger partial charge in [0.25, 0.3) is 5.69 Å². The number of nitrogens with zero attached hydrogens (tertiary/aromatic N) is 2. The van der Waals surface area contributed by atoms with Crippen LogP contribution in [0.15, 0.2) is 35.5 Å². The number of aliphatic hydroxyl groups excluding tert-OH is 1. The van der Waals surface area contributed by atoms with E-state index in [1.54, 1.807) is 19.1 Å². The number of amides is 1. The first kappa shape index (κ1) is 19.5. The number of carbonyl (C=O) groups excluding carboxylic acids is 1. The van der Waals surface area contributed by atoms with Gasteiger partial charge in [-0.2, -0.15) is 0 Å². The molecule has 3 N–H and O–H groups in total. The first-order valence-corrected chi connectivity index (χ1v) is 9.76. The lowest BCUT2D eigenvalue weighted by molar-refractivity contribution is -0.384. The van der Waals surface area contributed by atoms with E-state index in [4.69, 9.17) is 0 Å². The molecule has 4 rings (SSSR count). The third-order valence-corrected chi connectivity index (χ3v) is 6.32. The van der Waals surface area contributed by atoms with E-state index in [9.17, 15) is 29.9 Å². The van der Waals surface area contributed by atoms with Gasteiger partial charge in [0.15, 0.2) is 0 Å². The van der Waals surface area contributed by atoms with Gasteiger partial charge in [0.05, 0.1) is 23.0 Å². The molecule has 2 fully saturated rings. The molecule has 0 bridgehead atoms. The maximum Gasteiger partial charge on any atom is 0.352 e. The molecule has 1 amide bonds. The monoisotopic (exact) mass is 401 g/mol. The van der Waals surface area contributed by atoms with Crippen LogP contribution in [0.5, 0.6) is 0 Å². The van der Waals surface area contributed by atoms with Crippen molar-refractivity contribution in [1.29, 1.82) is 0 Å². The van der Waals surface area contributed by atoms with Crippen molar-refractivity contribution in [2.75, 3.05) is 0 Å². The third kappa shape index (κ3) is 3.10. The van der Waals surface area contributed by atoms with Crippen molar-refractivity contribution in [3.63, 3.8) is 0 Å². The number of non-ortho nitro benzene ring substituents is 1. The van der Waals surface area contributed by atoms with Gasteiger partial charge in [-0.1, -0.05) is 18.6 Å². The summed E-state index contributed by atoms with van der Waals surface area (Å²) in [5.74, 6) is -2.06. The number of rotatable bonds is 6. The molecule has 1 aliphatic carbocycles. The average Bonchev–Trinajstić information content (AvgIpc) is 2.97. The number of nitrogens with one attached hydrogen (secondary N) is 1. The van der Waals surface area contributed by atoms with E-state index in [1.807, 2.05) is 0 Å². The molecule has 29 heavy (non-hydrogen) atoms. The van der Waals surface area contributed by atoms with Crippen LogP contribution in [0.25, 0.3) is 0 Å². The zero-order valence-corrected chi connectivity index (χ0v) is 15.9. The minimum Gasteiger partial charge on any atom is -0.477 e. The van der Waals surface area contributed by atoms with Crippen LogP contribution < -0.4 is 5.32 Å². The number of hydrogen-bond donors (Lipinski definition) is 3. The second-order valence-electron chi connectivity index (χ2n) is 7.97. The quantitative estimate of drug-likeness (QED) is 0.373. The van der Waals surface area contributed by atoms with Crippen LogP contribution in [0.3, 0.4) is 0 Å². The smallest absolute Gasteiger partial charge is 0.352 e. The number of aliphatic hydroxyl groups is 1. The Hall–Kier alpha value is -2.78. The second-order valence-corrected chi connectivity index (χ2v) is 7.97. The molecule has 9 nitrogen and oxygen atoms in total. The number of benzene rings is 1. The number of hydrogen-bond acceptors (Lipinski definition) is 6. The molecule has 0 spiro atoms. The molecule has 2 heterocycles. The van der Waals surface area contributed by atoms with Gasteiger partial charge in [-0.15, -0.1) is 0 Å². The molecular formula is C20H23N3O6. The van der Waals surface area contributed by atoms with Gasteiger partial charge in [0, 0.05) is 30.6 Å². The molecule has 5 atom stereocenters. The van der Waals surface area contributed by atoms with E-state index in [-0.39, 0.29) is 35.3 Å². The van der Waals surface area contributed by atoms with Crippen molar-refractivity contribution >= 4 is 17.6 Å². The molecule has 0 unspecified atom stereocenters. The normalized spacial score (nSPS) is 29.2. The molecule has 1 aromatic carbocycles. The Kier molecular flexibility index (Phi) is 4.87. The minimum absolute atomic E-state index is 0.0187. The van der Waals surface area contributed by atoms with Gasteiger partial charge >= 0.3 is 5.97 Å². The van der Waals surface area contributed by atoms with E-state index in [0.717, 1.165) is 30.4 Å². The van der Waals surface area contributed by atoms with Gasteiger partial charge in [-0.3, -0.25) is 14.9 Å². The average molecular weight is 401 g/mol. The largest absolute Gasteiger partial charge is 0.477 e. The van der Waals surface area contributed by atoms with Crippen LogP contribution in [-0.4, -0.2) is 50.1 Å². The van der Waals surface area contributed by atoms with Crippen LogP contribution >= 0.6 is 0 Å². The Morgan fingerprint density at radius 3 is 2.62 bits per heavy atom. The summed E-state index contributed by atoms with van der Waals surface area (Å²) in [7, 11) is 0. The molecule has 1 aromatic rings. The molecule has 0 aromatic heterocycles. The first-order valence-electron chi connectivity index (χ1n) is 9.76. The third-order valence-electron chi connectivity index (χ3n) is 6.32. The van der Waals surface area contributed by atoms with E-state index in [0.29, 0.717) is 6.54 Å². The Bertz CT molecular complexity index is 894. The van der Waals surface area contributed by atoms with Gasteiger partial charge < -0.3 is 20.4 Å². The fourth-order valence-corrected chi connectivity index (χ4v) is 5.07. The second kappa shape index (κ2) is 7.23. The van der Waals surface area contributed by atoms with Crippen molar-refractivity contribution < 1.29 is 24.7 Å². The lowest BCUT2D eigenvalue weighted by Gasteiger charge is -2.47. The Balaban J connectivity index is 1.57. The topological polar surface area (TPSA) is 133 Å². The van der Waals surface area contributed by atoms with Gasteiger partial charge in [-0.25, -0.2) is 4.79 Å². The van der Waals surface area contributed by atoms with Crippen LogP contribution in [0.2, 0.25) is 0 Å². The van der Waals surface area contributed by atoms with E-state index >= 15 is 0 Å². The standard InChI is InChI=1S/C20H23N3O6/c1-10(24)15-17-13-3-2-4-14(16(13)18(20(26)27)22(17)19(15)25)21-9-11-5-7-12(8-6-11)23(28)29/h5-8,10,13-15,17,21,24H,2-4,9H2,1H3,(H,26,27)/t10-,13+,14+,15-,17-/m1/s1. The van der Waals surface area contributed by atoms with Crippen LogP contribution in [-0.2, 0) is 16.1 Å². The maximum absolute atomic E-state index is 12.5. The lowest BCUT2D eigenvalue weighted by Crippen LogP contribution is -2.64. The SMILES string of the molecule is C[C@@H](O)[C@H]1C(=O)N2C(C(=O)O)=C3[C@@H](NCc4ccc([N+](=O)[O-])cc4)CCC[C@@H]3[C@H]12. The van der Waals surface area contributed by atoms with Crippen LogP contribution in [0.1, 0.15) is 31.7 Å². The Labute approximate surface area is 167 Å². The fraction of sp³-hybridized carbons (Fsp3) is 0.500. The van der Waals surface area contributed by atoms with Crippen molar-refractivity contribution in [2.24, 2.45) is 11.8 Å². The van der Waals surface area contributed by atoms with Crippen molar-refractivity contribution in [3.05, 3.63) is 51.2 Å². The molecule has 1 saturated carbocycles. The molecule has 9 heteroatoms. The maximum atomic E-state index is 12.5. The highest BCUT2D eigenvalue weighted by Crippen LogP contribution is 2.52. The summed E-state index contributed by atoms with van der Waals surface area (Å²) >= 11 is 0. The summed E-state index contributed by atoms with van der Waals surface area (Å²) < 4.78 is 0. The summed E-state index contributed by atoms with van der Waals surface area (Å²) in [6.45, 7) is 2.01. The highest BCUT2D eigenvalue weighted by molar-refractivity contribution is 6.00. The van der Waals surface area contributed by atoms with Crippen molar-refractivity contribution in [1.82, 2.24) is 10.2 Å². The summed E-state index contributed by atoms with van der Waals surface area (Å²) in [5, 5.41) is 34.0. The summed E-state index contributed by atoms with van der Waals surface area (Å²) in [4.78, 5) is 36.2. The van der Waals surface area contributed by atoms with Gasteiger partial charge in [0.2, 0.25) is 5.91 Å². The number of fused-ring (bicyclic) bond motifs is 3. The number of nitro benzene ring substituents is 1.